The van der Waals surface area contributed by atoms with Gasteiger partial charge in [-0.1, -0.05) is 18.2 Å². The Morgan fingerprint density at radius 1 is 1.12 bits per heavy atom. The molecule has 0 aliphatic rings. The number of rotatable bonds is 2. The van der Waals surface area contributed by atoms with E-state index in [2.05, 4.69) is 70.0 Å². The highest BCUT2D eigenvalue weighted by Crippen LogP contribution is 2.40. The van der Waals surface area contributed by atoms with Gasteiger partial charge in [-0.05, 0) is 68.5 Å². The van der Waals surface area contributed by atoms with Crippen LogP contribution in [0.1, 0.15) is 26.9 Å². The first-order valence-electron chi connectivity index (χ1n) is 5.15. The van der Waals surface area contributed by atoms with Gasteiger partial charge < -0.3 is 0 Å². The van der Waals surface area contributed by atoms with Gasteiger partial charge in [-0.2, -0.15) is 0 Å². The first kappa shape index (κ1) is 13.6. The third-order valence-electron chi connectivity index (χ3n) is 2.74. The second-order valence-electron chi connectivity index (χ2n) is 3.98. The maximum atomic E-state index is 6.51. The fraction of sp³-hybridized carbons (Fsp3) is 0.231. The molecular formula is C13H11Br2ClS. The van der Waals surface area contributed by atoms with Crippen molar-refractivity contribution in [2.75, 3.05) is 0 Å². The Morgan fingerprint density at radius 3 is 2.35 bits per heavy atom. The quantitative estimate of drug-likeness (QED) is 0.531. The van der Waals surface area contributed by atoms with Crippen LogP contribution in [0.3, 0.4) is 0 Å². The van der Waals surface area contributed by atoms with E-state index in [9.17, 15) is 0 Å². The standard InChI is InChI=1S/C13H11Br2ClS/c1-7-3-4-9(5-8(7)2)12(16)11-6-10(14)13(15)17-11/h3-6,12H,1-2H3. The molecule has 2 aromatic rings. The summed E-state index contributed by atoms with van der Waals surface area (Å²) >= 11 is 15.2. The molecule has 1 heterocycles. The van der Waals surface area contributed by atoms with Crippen molar-refractivity contribution in [3.05, 3.63) is 54.1 Å². The summed E-state index contributed by atoms with van der Waals surface area (Å²) < 4.78 is 2.15. The zero-order chi connectivity index (χ0) is 12.6. The molecule has 90 valence electrons. The number of hydrogen-bond acceptors (Lipinski definition) is 1. The van der Waals surface area contributed by atoms with Crippen LogP contribution in [0.5, 0.6) is 0 Å². The molecule has 1 unspecified atom stereocenters. The summed E-state index contributed by atoms with van der Waals surface area (Å²) in [5.74, 6) is 0. The molecule has 0 amide bonds. The molecule has 17 heavy (non-hydrogen) atoms. The van der Waals surface area contributed by atoms with Crippen LogP contribution in [0, 0.1) is 13.8 Å². The number of thiophene rings is 1. The molecule has 0 saturated heterocycles. The Labute approximate surface area is 127 Å². The van der Waals surface area contributed by atoms with E-state index in [4.69, 9.17) is 11.6 Å². The molecular weight excluding hydrogens is 383 g/mol. The van der Waals surface area contributed by atoms with Crippen LogP contribution in [0.4, 0.5) is 0 Å². The van der Waals surface area contributed by atoms with E-state index < -0.39 is 0 Å². The van der Waals surface area contributed by atoms with Crippen molar-refractivity contribution >= 4 is 54.8 Å². The Kier molecular flexibility index (Phi) is 4.35. The molecule has 0 bridgehead atoms. The van der Waals surface area contributed by atoms with Crippen molar-refractivity contribution in [1.29, 1.82) is 0 Å². The fourth-order valence-corrected chi connectivity index (χ4v) is 4.00. The summed E-state index contributed by atoms with van der Waals surface area (Å²) in [5.41, 5.74) is 3.73. The van der Waals surface area contributed by atoms with Crippen LogP contribution in [0.2, 0.25) is 0 Å². The first-order valence-corrected chi connectivity index (χ1v) is 7.99. The topological polar surface area (TPSA) is 0 Å². The van der Waals surface area contributed by atoms with Crippen LogP contribution in [-0.2, 0) is 0 Å². The second kappa shape index (κ2) is 5.43. The smallest absolute Gasteiger partial charge is 0.0928 e. The highest BCUT2D eigenvalue weighted by atomic mass is 79.9. The van der Waals surface area contributed by atoms with E-state index in [1.165, 1.54) is 11.1 Å². The highest BCUT2D eigenvalue weighted by molar-refractivity contribution is 9.13. The van der Waals surface area contributed by atoms with Gasteiger partial charge in [-0.15, -0.1) is 22.9 Å². The number of halogens is 3. The largest absolute Gasteiger partial charge is 0.130 e. The number of alkyl halides is 1. The predicted molar refractivity (Wildman–Crippen MR) is 83.3 cm³/mol. The zero-order valence-corrected chi connectivity index (χ0v) is 14.2. The molecule has 0 fully saturated rings. The maximum Gasteiger partial charge on any atom is 0.0928 e. The van der Waals surface area contributed by atoms with Gasteiger partial charge in [0.05, 0.1) is 9.16 Å². The Morgan fingerprint density at radius 2 is 1.82 bits per heavy atom. The average molecular weight is 395 g/mol. The molecule has 0 N–H and O–H groups in total. The van der Waals surface area contributed by atoms with Gasteiger partial charge in [0.1, 0.15) is 0 Å². The summed E-state index contributed by atoms with van der Waals surface area (Å²) in [6, 6.07) is 8.45. The fourth-order valence-electron chi connectivity index (χ4n) is 1.57. The average Bonchev–Trinajstić information content (AvgIpc) is 2.62. The number of benzene rings is 1. The molecule has 1 aromatic carbocycles. The predicted octanol–water partition coefficient (Wildman–Crippen LogP) is 6.22. The van der Waals surface area contributed by atoms with Crippen LogP contribution in [-0.4, -0.2) is 0 Å². The summed E-state index contributed by atoms with van der Waals surface area (Å²) in [4.78, 5) is 1.15. The summed E-state index contributed by atoms with van der Waals surface area (Å²) in [5, 5.41) is -0.0816. The Bertz CT molecular complexity index is 529. The minimum absolute atomic E-state index is 0.0816. The van der Waals surface area contributed by atoms with Crippen LogP contribution in [0.25, 0.3) is 0 Å². The van der Waals surface area contributed by atoms with E-state index in [1.54, 1.807) is 11.3 Å². The van der Waals surface area contributed by atoms with Gasteiger partial charge in [-0.25, -0.2) is 0 Å². The molecule has 1 aromatic heterocycles. The van der Waals surface area contributed by atoms with Crippen molar-refractivity contribution in [3.8, 4) is 0 Å². The lowest BCUT2D eigenvalue weighted by Gasteiger charge is -2.09. The number of aryl methyl sites for hydroxylation is 2. The van der Waals surface area contributed by atoms with Crippen LogP contribution >= 0.6 is 54.8 Å². The van der Waals surface area contributed by atoms with Crippen molar-refractivity contribution in [1.82, 2.24) is 0 Å². The monoisotopic (exact) mass is 392 g/mol. The molecule has 0 spiro atoms. The van der Waals surface area contributed by atoms with Crippen LogP contribution in [0.15, 0.2) is 32.5 Å². The van der Waals surface area contributed by atoms with E-state index in [-0.39, 0.29) is 5.38 Å². The third-order valence-corrected chi connectivity index (χ3v) is 6.68. The van der Waals surface area contributed by atoms with Gasteiger partial charge >= 0.3 is 0 Å². The zero-order valence-electron chi connectivity index (χ0n) is 9.43. The molecule has 4 heteroatoms. The molecule has 0 radical (unpaired) electrons. The molecule has 0 saturated carbocycles. The normalized spacial score (nSPS) is 12.8. The van der Waals surface area contributed by atoms with Gasteiger partial charge in [-0.3, -0.25) is 0 Å². The molecule has 0 aliphatic carbocycles. The number of hydrogen-bond donors (Lipinski definition) is 0. The Hall–Kier alpha value is 0.170. The summed E-state index contributed by atoms with van der Waals surface area (Å²) in [7, 11) is 0. The molecule has 0 nitrogen and oxygen atoms in total. The minimum atomic E-state index is -0.0816. The summed E-state index contributed by atoms with van der Waals surface area (Å²) in [6.45, 7) is 4.23. The summed E-state index contributed by atoms with van der Waals surface area (Å²) in [6.07, 6.45) is 0. The van der Waals surface area contributed by atoms with E-state index in [1.807, 2.05) is 0 Å². The van der Waals surface area contributed by atoms with Crippen molar-refractivity contribution in [2.45, 2.75) is 19.2 Å². The third kappa shape index (κ3) is 2.95. The minimum Gasteiger partial charge on any atom is -0.130 e. The van der Waals surface area contributed by atoms with E-state index in [0.29, 0.717) is 0 Å². The molecule has 1 atom stereocenters. The lowest BCUT2D eigenvalue weighted by molar-refractivity contribution is 1.16. The lowest BCUT2D eigenvalue weighted by atomic mass is 10.0. The Balaban J connectivity index is 2.36. The van der Waals surface area contributed by atoms with Crippen LogP contribution < -0.4 is 0 Å². The van der Waals surface area contributed by atoms with Crippen molar-refractivity contribution in [2.24, 2.45) is 0 Å². The van der Waals surface area contributed by atoms with Crippen molar-refractivity contribution < 1.29 is 0 Å². The SMILES string of the molecule is Cc1ccc(C(Cl)c2cc(Br)c(Br)s2)cc1C. The van der Waals surface area contributed by atoms with Gasteiger partial charge in [0.25, 0.3) is 0 Å². The van der Waals surface area contributed by atoms with Gasteiger partial charge in [0.15, 0.2) is 0 Å². The van der Waals surface area contributed by atoms with E-state index >= 15 is 0 Å². The molecule has 2 rings (SSSR count). The van der Waals surface area contributed by atoms with Gasteiger partial charge in [0, 0.05) is 9.35 Å². The lowest BCUT2D eigenvalue weighted by Crippen LogP contribution is -1.92. The second-order valence-corrected chi connectivity index (χ2v) is 7.67. The van der Waals surface area contributed by atoms with Crippen molar-refractivity contribution in [3.63, 3.8) is 0 Å². The molecule has 0 aliphatic heterocycles. The first-order chi connectivity index (χ1) is 7.99. The highest BCUT2D eigenvalue weighted by Gasteiger charge is 2.15. The van der Waals surface area contributed by atoms with Gasteiger partial charge in [0.2, 0.25) is 0 Å². The maximum absolute atomic E-state index is 6.51. The van der Waals surface area contributed by atoms with E-state index in [0.717, 1.165) is 18.7 Å².